The van der Waals surface area contributed by atoms with Gasteiger partial charge in [-0.2, -0.15) is 0 Å². The summed E-state index contributed by atoms with van der Waals surface area (Å²) in [6.07, 6.45) is 2.88. The summed E-state index contributed by atoms with van der Waals surface area (Å²) in [7, 11) is -2.61. The second-order valence-corrected chi connectivity index (χ2v) is 10.4. The van der Waals surface area contributed by atoms with Crippen molar-refractivity contribution in [2.24, 2.45) is 0 Å². The van der Waals surface area contributed by atoms with Crippen LogP contribution in [0, 0.1) is 5.82 Å². The van der Waals surface area contributed by atoms with Crippen LogP contribution < -0.4 is 9.46 Å². The number of aromatic nitrogens is 2. The van der Waals surface area contributed by atoms with Gasteiger partial charge in [0.25, 0.3) is 10.0 Å². The minimum Gasteiger partial charge on any atom is -0.480 e. The van der Waals surface area contributed by atoms with Crippen molar-refractivity contribution >= 4 is 15.7 Å². The second kappa shape index (κ2) is 10.7. The van der Waals surface area contributed by atoms with Gasteiger partial charge in [-0.15, -0.1) is 0 Å². The summed E-state index contributed by atoms with van der Waals surface area (Å²) in [5, 5.41) is 0. The summed E-state index contributed by atoms with van der Waals surface area (Å²) >= 11 is 0. The highest BCUT2D eigenvalue weighted by Gasteiger charge is 2.22. The van der Waals surface area contributed by atoms with E-state index in [0.717, 1.165) is 31.7 Å². The smallest absolute Gasteiger partial charge is 0.267 e. The van der Waals surface area contributed by atoms with E-state index in [1.165, 1.54) is 49.8 Å². The van der Waals surface area contributed by atoms with E-state index in [1.807, 2.05) is 6.07 Å². The average molecular weight is 500 g/mol. The molecule has 2 aromatic heterocycles. The zero-order chi connectivity index (χ0) is 25.0. The van der Waals surface area contributed by atoms with Crippen LogP contribution in [0.5, 0.6) is 5.88 Å². The van der Waals surface area contributed by atoms with Gasteiger partial charge in [0.1, 0.15) is 10.7 Å². The van der Waals surface area contributed by atoms with Crippen molar-refractivity contribution < 1.29 is 17.5 Å². The number of nitrogens with one attached hydrogen (secondary N) is 1. The number of hydrogen-bond donors (Lipinski definition) is 1. The zero-order valence-electron chi connectivity index (χ0n) is 20.1. The molecular formula is C25H30FN5O3S. The highest BCUT2D eigenvalue weighted by atomic mass is 32.2. The number of methoxy groups -OCH3 is 1. The Morgan fingerprint density at radius 2 is 1.83 bits per heavy atom. The summed E-state index contributed by atoms with van der Waals surface area (Å²) in [6.45, 7) is 9.01. The van der Waals surface area contributed by atoms with Crippen LogP contribution in [0.1, 0.15) is 19.4 Å². The van der Waals surface area contributed by atoms with Crippen LogP contribution in [-0.2, 0) is 16.6 Å². The van der Waals surface area contributed by atoms with Gasteiger partial charge in [0.15, 0.2) is 0 Å². The third-order valence-corrected chi connectivity index (χ3v) is 7.48. The molecule has 8 nitrogen and oxygen atoms in total. The molecule has 1 aliphatic heterocycles. The normalized spacial score (nSPS) is 15.3. The third kappa shape index (κ3) is 5.95. The summed E-state index contributed by atoms with van der Waals surface area (Å²) in [6, 6.07) is 11.6. The molecule has 35 heavy (non-hydrogen) atoms. The maximum absolute atomic E-state index is 15.1. The summed E-state index contributed by atoms with van der Waals surface area (Å²) < 4.78 is 48.3. The van der Waals surface area contributed by atoms with Crippen LogP contribution in [0.25, 0.3) is 11.3 Å². The van der Waals surface area contributed by atoms with E-state index >= 15 is 4.39 Å². The van der Waals surface area contributed by atoms with Gasteiger partial charge in [0.05, 0.1) is 18.5 Å². The second-order valence-electron chi connectivity index (χ2n) is 8.77. The minimum absolute atomic E-state index is 0.0125. The quantitative estimate of drug-likeness (QED) is 0.507. The molecule has 4 rings (SSSR count). The molecule has 1 saturated heterocycles. The molecule has 0 amide bonds. The lowest BCUT2D eigenvalue weighted by Crippen LogP contribution is -2.48. The lowest BCUT2D eigenvalue weighted by molar-refractivity contribution is 0.104. The van der Waals surface area contributed by atoms with E-state index in [0.29, 0.717) is 23.8 Å². The van der Waals surface area contributed by atoms with E-state index in [1.54, 1.807) is 6.07 Å². The lowest BCUT2D eigenvalue weighted by atomic mass is 10.1. The van der Waals surface area contributed by atoms with Crippen LogP contribution in [0.15, 0.2) is 59.8 Å². The fourth-order valence-corrected chi connectivity index (χ4v) is 5.32. The SMILES string of the molecule is COc1ncccc1S(=O)(=O)Nc1ccnc(-c2ccc(CN3CCN(C(C)C)CC3)cc2F)c1. The first-order chi connectivity index (χ1) is 16.8. The maximum atomic E-state index is 15.1. The number of piperazine rings is 1. The Labute approximate surface area is 205 Å². The molecule has 0 unspecified atom stereocenters. The van der Waals surface area contributed by atoms with Crippen molar-refractivity contribution in [1.82, 2.24) is 19.8 Å². The van der Waals surface area contributed by atoms with Crippen LogP contribution >= 0.6 is 0 Å². The Balaban J connectivity index is 1.48. The Kier molecular flexibility index (Phi) is 7.63. The number of halogens is 1. The molecule has 0 bridgehead atoms. The first-order valence-electron chi connectivity index (χ1n) is 11.5. The molecule has 1 aliphatic rings. The standard InChI is InChI=1S/C25H30FN5O3S/c1-18(2)31-13-11-30(12-14-31)17-19-6-7-21(22(26)15-19)23-16-20(8-10-27-23)29-35(32,33)24-5-4-9-28-25(24)34-3/h4-10,15-16,18H,11-14,17H2,1-3H3,(H,27,29). The van der Waals surface area contributed by atoms with Gasteiger partial charge in [-0.1, -0.05) is 6.07 Å². The molecule has 10 heteroatoms. The van der Waals surface area contributed by atoms with Gasteiger partial charge < -0.3 is 4.74 Å². The van der Waals surface area contributed by atoms with E-state index in [4.69, 9.17) is 4.74 Å². The van der Waals surface area contributed by atoms with Crippen molar-refractivity contribution in [3.8, 4) is 17.1 Å². The van der Waals surface area contributed by atoms with Gasteiger partial charge in [-0.05, 0) is 55.8 Å². The van der Waals surface area contributed by atoms with E-state index < -0.39 is 15.8 Å². The van der Waals surface area contributed by atoms with Gasteiger partial charge in [0.2, 0.25) is 5.88 Å². The topological polar surface area (TPSA) is 87.7 Å². The van der Waals surface area contributed by atoms with Gasteiger partial charge >= 0.3 is 0 Å². The summed E-state index contributed by atoms with van der Waals surface area (Å²) in [5.41, 5.74) is 1.79. The van der Waals surface area contributed by atoms with Gasteiger partial charge in [-0.3, -0.25) is 19.5 Å². The number of rotatable bonds is 8. The molecule has 0 saturated carbocycles. The molecule has 1 fully saturated rings. The molecule has 186 valence electrons. The number of ether oxygens (including phenoxy) is 1. The molecular weight excluding hydrogens is 469 g/mol. The maximum Gasteiger partial charge on any atom is 0.267 e. The average Bonchev–Trinajstić information content (AvgIpc) is 2.84. The molecule has 0 radical (unpaired) electrons. The number of pyridine rings is 2. The number of nitrogens with zero attached hydrogens (tertiary/aromatic N) is 4. The summed E-state index contributed by atoms with van der Waals surface area (Å²) in [5.74, 6) is -0.411. The Bertz CT molecular complexity index is 1280. The largest absolute Gasteiger partial charge is 0.480 e. The Morgan fingerprint density at radius 3 is 2.51 bits per heavy atom. The fourth-order valence-electron chi connectivity index (χ4n) is 4.15. The molecule has 1 N–H and O–H groups in total. The third-order valence-electron chi connectivity index (χ3n) is 6.08. The Hall–Kier alpha value is -3.08. The first kappa shape index (κ1) is 25.0. The number of sulfonamides is 1. The van der Waals surface area contributed by atoms with Crippen molar-refractivity contribution in [2.75, 3.05) is 38.0 Å². The van der Waals surface area contributed by atoms with Crippen molar-refractivity contribution in [3.05, 3.63) is 66.2 Å². The molecule has 0 atom stereocenters. The molecule has 3 heterocycles. The summed E-state index contributed by atoms with van der Waals surface area (Å²) in [4.78, 5) is 12.9. The van der Waals surface area contributed by atoms with Gasteiger partial charge in [-0.25, -0.2) is 17.8 Å². The van der Waals surface area contributed by atoms with Crippen LogP contribution in [0.4, 0.5) is 10.1 Å². The number of anilines is 1. The van der Waals surface area contributed by atoms with Crippen LogP contribution in [0.3, 0.4) is 0 Å². The molecule has 1 aromatic carbocycles. The molecule has 0 aliphatic carbocycles. The highest BCUT2D eigenvalue weighted by Crippen LogP contribution is 2.27. The Morgan fingerprint density at radius 1 is 1.06 bits per heavy atom. The van der Waals surface area contributed by atoms with E-state index in [9.17, 15) is 8.42 Å². The number of benzene rings is 1. The zero-order valence-corrected chi connectivity index (χ0v) is 20.9. The molecule has 3 aromatic rings. The van der Waals surface area contributed by atoms with Crippen molar-refractivity contribution in [1.29, 1.82) is 0 Å². The van der Waals surface area contributed by atoms with Crippen molar-refractivity contribution in [3.63, 3.8) is 0 Å². The predicted octanol–water partition coefficient (Wildman–Crippen LogP) is 3.62. The van der Waals surface area contributed by atoms with Crippen LogP contribution in [0.2, 0.25) is 0 Å². The van der Waals surface area contributed by atoms with E-state index in [-0.39, 0.29) is 16.5 Å². The van der Waals surface area contributed by atoms with Crippen LogP contribution in [-0.4, -0.2) is 67.5 Å². The lowest BCUT2D eigenvalue weighted by Gasteiger charge is -2.36. The molecule has 0 spiro atoms. The predicted molar refractivity (Wildman–Crippen MR) is 133 cm³/mol. The fraction of sp³-hybridized carbons (Fsp3) is 0.360. The first-order valence-corrected chi connectivity index (χ1v) is 13.0. The van der Waals surface area contributed by atoms with Gasteiger partial charge in [0, 0.05) is 56.7 Å². The monoisotopic (exact) mass is 499 g/mol. The number of hydrogen-bond acceptors (Lipinski definition) is 7. The van der Waals surface area contributed by atoms with E-state index in [2.05, 4.69) is 38.3 Å². The minimum atomic E-state index is -3.97. The highest BCUT2D eigenvalue weighted by molar-refractivity contribution is 7.92. The van der Waals surface area contributed by atoms with Crippen molar-refractivity contribution in [2.45, 2.75) is 31.3 Å².